The molecule has 116 valence electrons. The summed E-state index contributed by atoms with van der Waals surface area (Å²) < 4.78 is 9.39. The minimum Gasteiger partial charge on any atom is -0.469 e. The first-order valence-electron chi connectivity index (χ1n) is 6.66. The van der Waals surface area contributed by atoms with E-state index in [0.29, 0.717) is 6.42 Å². The molecule has 1 atom stereocenters. The lowest BCUT2D eigenvalue weighted by Gasteiger charge is -2.29. The molecule has 1 aromatic rings. The highest BCUT2D eigenvalue weighted by atomic mass is 16.7. The molecule has 6 heteroatoms. The van der Waals surface area contributed by atoms with E-state index in [9.17, 15) is 9.59 Å². The van der Waals surface area contributed by atoms with Crippen LogP contribution in [0.25, 0.3) is 0 Å². The Morgan fingerprint density at radius 3 is 2.33 bits per heavy atom. The third-order valence-electron chi connectivity index (χ3n) is 3.20. The first kappa shape index (κ1) is 17.1. The number of carbonyl (C=O) groups is 2. The van der Waals surface area contributed by atoms with Crippen LogP contribution in [0, 0.1) is 0 Å². The fourth-order valence-corrected chi connectivity index (χ4v) is 1.84. The molecule has 0 radical (unpaired) electrons. The third kappa shape index (κ3) is 4.84. The Kier molecular flexibility index (Phi) is 6.84. The van der Waals surface area contributed by atoms with Gasteiger partial charge in [-0.2, -0.15) is 5.48 Å². The van der Waals surface area contributed by atoms with Crippen LogP contribution in [-0.4, -0.2) is 31.7 Å². The van der Waals surface area contributed by atoms with E-state index in [1.807, 2.05) is 30.3 Å². The molecule has 6 nitrogen and oxygen atoms in total. The standard InChI is InChI=1S/C15H21NO5/c1-4-15(14(18)20-3,10-13(17)19-2)16-21-11-12-8-6-5-7-9-12/h5-9,16H,4,10-11H2,1-3H3. The van der Waals surface area contributed by atoms with E-state index in [0.717, 1.165) is 5.56 Å². The number of methoxy groups -OCH3 is 2. The van der Waals surface area contributed by atoms with Crippen LogP contribution in [0.3, 0.4) is 0 Å². The average molecular weight is 295 g/mol. The number of hydrogen-bond acceptors (Lipinski definition) is 6. The van der Waals surface area contributed by atoms with Gasteiger partial charge in [-0.05, 0) is 12.0 Å². The highest BCUT2D eigenvalue weighted by molar-refractivity contribution is 5.86. The van der Waals surface area contributed by atoms with Crippen molar-refractivity contribution in [1.82, 2.24) is 5.48 Å². The number of carbonyl (C=O) groups excluding carboxylic acids is 2. The predicted octanol–water partition coefficient (Wildman–Crippen LogP) is 1.59. The van der Waals surface area contributed by atoms with Gasteiger partial charge in [0.15, 0.2) is 5.54 Å². The van der Waals surface area contributed by atoms with Crippen LogP contribution in [0.1, 0.15) is 25.3 Å². The zero-order valence-electron chi connectivity index (χ0n) is 12.5. The van der Waals surface area contributed by atoms with Gasteiger partial charge in [-0.15, -0.1) is 0 Å². The van der Waals surface area contributed by atoms with Crippen LogP contribution in [0.4, 0.5) is 0 Å². The molecule has 1 N–H and O–H groups in total. The molecular formula is C15H21NO5. The number of ether oxygens (including phenoxy) is 2. The van der Waals surface area contributed by atoms with Gasteiger partial charge >= 0.3 is 11.9 Å². The maximum absolute atomic E-state index is 12.0. The number of hydroxylamine groups is 1. The van der Waals surface area contributed by atoms with Gasteiger partial charge in [-0.25, -0.2) is 4.79 Å². The predicted molar refractivity (Wildman–Crippen MR) is 76.0 cm³/mol. The van der Waals surface area contributed by atoms with E-state index in [1.165, 1.54) is 14.2 Å². The summed E-state index contributed by atoms with van der Waals surface area (Å²) >= 11 is 0. The van der Waals surface area contributed by atoms with Crippen molar-refractivity contribution >= 4 is 11.9 Å². The minimum absolute atomic E-state index is 0.165. The van der Waals surface area contributed by atoms with Crippen molar-refractivity contribution in [3.8, 4) is 0 Å². The summed E-state index contributed by atoms with van der Waals surface area (Å²) in [5.74, 6) is -1.08. The summed E-state index contributed by atoms with van der Waals surface area (Å²) in [6.45, 7) is 2.03. The number of rotatable bonds is 8. The number of nitrogens with one attached hydrogen (secondary N) is 1. The van der Waals surface area contributed by atoms with E-state index in [1.54, 1.807) is 6.92 Å². The lowest BCUT2D eigenvalue weighted by molar-refractivity contribution is -0.164. The monoisotopic (exact) mass is 295 g/mol. The summed E-state index contributed by atoms with van der Waals surface area (Å²) in [5, 5.41) is 0. The maximum Gasteiger partial charge on any atom is 0.328 e. The topological polar surface area (TPSA) is 73.9 Å². The molecule has 1 unspecified atom stereocenters. The Labute approximate surface area is 124 Å². The highest BCUT2D eigenvalue weighted by Crippen LogP contribution is 2.19. The van der Waals surface area contributed by atoms with Gasteiger partial charge in [-0.3, -0.25) is 9.63 Å². The molecule has 1 rings (SSSR count). The highest BCUT2D eigenvalue weighted by Gasteiger charge is 2.41. The summed E-state index contributed by atoms with van der Waals surface area (Å²) in [6.07, 6.45) is 0.158. The normalized spacial score (nSPS) is 13.3. The lowest BCUT2D eigenvalue weighted by Crippen LogP contribution is -2.53. The molecule has 0 aliphatic heterocycles. The van der Waals surface area contributed by atoms with Crippen LogP contribution < -0.4 is 5.48 Å². The largest absolute Gasteiger partial charge is 0.469 e. The average Bonchev–Trinajstić information content (AvgIpc) is 2.53. The van der Waals surface area contributed by atoms with Gasteiger partial charge in [0.1, 0.15) is 0 Å². The van der Waals surface area contributed by atoms with Crippen LogP contribution in [-0.2, 0) is 30.5 Å². The third-order valence-corrected chi connectivity index (χ3v) is 3.20. The minimum atomic E-state index is -1.25. The van der Waals surface area contributed by atoms with Crippen molar-refractivity contribution < 1.29 is 23.9 Å². The molecular weight excluding hydrogens is 274 g/mol. The number of benzene rings is 1. The Balaban J connectivity index is 2.72. The maximum atomic E-state index is 12.0. The summed E-state index contributed by atoms with van der Waals surface area (Å²) in [7, 11) is 2.54. The van der Waals surface area contributed by atoms with Gasteiger partial charge in [-0.1, -0.05) is 37.3 Å². The van der Waals surface area contributed by atoms with E-state index in [4.69, 9.17) is 9.57 Å². The molecule has 0 heterocycles. The first-order valence-corrected chi connectivity index (χ1v) is 6.66. The second-order valence-electron chi connectivity index (χ2n) is 4.56. The molecule has 0 saturated heterocycles. The molecule has 0 spiro atoms. The van der Waals surface area contributed by atoms with Crippen molar-refractivity contribution in [3.63, 3.8) is 0 Å². The van der Waals surface area contributed by atoms with Crippen molar-refractivity contribution in [2.45, 2.75) is 31.9 Å². The first-order chi connectivity index (χ1) is 10.1. The van der Waals surface area contributed by atoms with Crippen molar-refractivity contribution in [2.75, 3.05) is 14.2 Å². The Morgan fingerprint density at radius 1 is 1.14 bits per heavy atom. The van der Waals surface area contributed by atoms with Gasteiger partial charge < -0.3 is 9.47 Å². The Bertz CT molecular complexity index is 462. The molecule has 0 amide bonds. The Morgan fingerprint density at radius 2 is 1.81 bits per heavy atom. The second-order valence-corrected chi connectivity index (χ2v) is 4.56. The molecule has 21 heavy (non-hydrogen) atoms. The van der Waals surface area contributed by atoms with Gasteiger partial charge in [0, 0.05) is 0 Å². The molecule has 0 fully saturated rings. The van der Waals surface area contributed by atoms with Crippen LogP contribution in [0.5, 0.6) is 0 Å². The second kappa shape index (κ2) is 8.39. The van der Waals surface area contributed by atoms with Gasteiger partial charge in [0.05, 0.1) is 27.2 Å². The van der Waals surface area contributed by atoms with Gasteiger partial charge in [0.25, 0.3) is 0 Å². The number of hydrogen-bond donors (Lipinski definition) is 1. The quantitative estimate of drug-likeness (QED) is 0.580. The fraction of sp³-hybridized carbons (Fsp3) is 0.467. The van der Waals surface area contributed by atoms with Crippen LogP contribution in [0.2, 0.25) is 0 Å². The van der Waals surface area contributed by atoms with Crippen molar-refractivity contribution in [1.29, 1.82) is 0 Å². The summed E-state index contributed by atoms with van der Waals surface area (Å²) in [6, 6.07) is 9.47. The fourth-order valence-electron chi connectivity index (χ4n) is 1.84. The zero-order valence-corrected chi connectivity index (χ0v) is 12.5. The number of esters is 2. The van der Waals surface area contributed by atoms with Crippen molar-refractivity contribution in [2.24, 2.45) is 0 Å². The van der Waals surface area contributed by atoms with Crippen LogP contribution in [0.15, 0.2) is 30.3 Å². The Hall–Kier alpha value is -1.92. The SMILES string of the molecule is CCC(CC(=O)OC)(NOCc1ccccc1)C(=O)OC. The van der Waals surface area contributed by atoms with E-state index < -0.39 is 17.5 Å². The van der Waals surface area contributed by atoms with E-state index >= 15 is 0 Å². The van der Waals surface area contributed by atoms with E-state index in [2.05, 4.69) is 10.2 Å². The summed E-state index contributed by atoms with van der Waals surface area (Å²) in [4.78, 5) is 28.9. The lowest BCUT2D eigenvalue weighted by atomic mass is 9.93. The molecule has 0 aliphatic rings. The van der Waals surface area contributed by atoms with Crippen molar-refractivity contribution in [3.05, 3.63) is 35.9 Å². The van der Waals surface area contributed by atoms with Crippen LogP contribution >= 0.6 is 0 Å². The molecule has 0 aromatic heterocycles. The van der Waals surface area contributed by atoms with E-state index in [-0.39, 0.29) is 13.0 Å². The molecule has 0 saturated carbocycles. The summed E-state index contributed by atoms with van der Waals surface area (Å²) in [5.41, 5.74) is 2.36. The smallest absolute Gasteiger partial charge is 0.328 e. The molecule has 1 aromatic carbocycles. The van der Waals surface area contributed by atoms with Gasteiger partial charge in [0.2, 0.25) is 0 Å². The molecule has 0 bridgehead atoms. The molecule has 0 aliphatic carbocycles. The zero-order chi connectivity index (χ0) is 15.7.